The van der Waals surface area contributed by atoms with E-state index >= 15 is 0 Å². The first-order valence-electron chi connectivity index (χ1n) is 0.699. The standard InChI is InChI=1S/CH3NO2.Cu/c1-2(3)4;/h1H2,(H,3,4);. The molecule has 4 heteroatoms. The van der Waals surface area contributed by atoms with Crippen molar-refractivity contribution in [3.63, 3.8) is 0 Å². The molecule has 0 saturated carbocycles. The van der Waals surface area contributed by atoms with E-state index in [1.165, 1.54) is 0 Å². The van der Waals surface area contributed by atoms with E-state index in [-0.39, 0.29) is 17.1 Å². The summed E-state index contributed by atoms with van der Waals surface area (Å²) in [4.78, 5) is -0.500. The molecule has 5 heavy (non-hydrogen) atoms. The molecule has 0 aromatic heterocycles. The molecule has 0 spiro atoms. The maximum atomic E-state index is 8.81. The summed E-state index contributed by atoms with van der Waals surface area (Å²) in [6.07, 6.45) is 0. The topological polar surface area (TPSA) is 46.3 Å². The largest absolute Gasteiger partial charge is 0.418 e. The molecule has 0 bridgehead atoms. The third-order valence-electron chi connectivity index (χ3n) is 0. The van der Waals surface area contributed by atoms with Gasteiger partial charge in [-0.3, -0.25) is 5.21 Å². The first kappa shape index (κ1) is 8.84. The Morgan fingerprint density at radius 2 is 1.80 bits per heavy atom. The molecule has 0 aromatic carbocycles. The third-order valence-corrected chi connectivity index (χ3v) is 0. The average molecular weight is 125 g/mol. The van der Waals surface area contributed by atoms with Crippen molar-refractivity contribution in [3.8, 4) is 0 Å². The van der Waals surface area contributed by atoms with E-state index in [0.29, 0.717) is 0 Å². The fourth-order valence-corrected chi connectivity index (χ4v) is 0. The van der Waals surface area contributed by atoms with Crippen LogP contribution in [0.25, 0.3) is 0 Å². The molecule has 1 radical (unpaired) electrons. The zero-order valence-corrected chi connectivity index (χ0v) is 3.25. The van der Waals surface area contributed by atoms with Gasteiger partial charge in [0.15, 0.2) is 6.72 Å². The van der Waals surface area contributed by atoms with E-state index in [4.69, 9.17) is 10.4 Å². The van der Waals surface area contributed by atoms with Crippen molar-refractivity contribution in [2.45, 2.75) is 0 Å². The second-order valence-corrected chi connectivity index (χ2v) is 0.352. The van der Waals surface area contributed by atoms with Gasteiger partial charge in [0.05, 0.1) is 0 Å². The van der Waals surface area contributed by atoms with E-state index in [1.54, 1.807) is 0 Å². The summed E-state index contributed by atoms with van der Waals surface area (Å²) in [6.45, 7) is 2.47. The Balaban J connectivity index is 0. The van der Waals surface area contributed by atoms with Crippen LogP contribution in [0.1, 0.15) is 0 Å². The van der Waals surface area contributed by atoms with Crippen LogP contribution < -0.4 is 0 Å². The van der Waals surface area contributed by atoms with Crippen LogP contribution in [0.4, 0.5) is 0 Å². The van der Waals surface area contributed by atoms with Crippen LogP contribution in [0.3, 0.4) is 0 Å². The fraction of sp³-hybridized carbons (Fsp3) is 0. The number of rotatable bonds is 0. The van der Waals surface area contributed by atoms with Gasteiger partial charge in [-0.15, -0.1) is 0 Å². The van der Waals surface area contributed by atoms with Crippen molar-refractivity contribution in [2.75, 3.05) is 0 Å². The molecule has 0 fully saturated rings. The van der Waals surface area contributed by atoms with Crippen LogP contribution in [0.5, 0.6) is 0 Å². The summed E-state index contributed by atoms with van der Waals surface area (Å²) >= 11 is 0. The Bertz CT molecular complexity index is 32.6. The minimum absolute atomic E-state index is 0. The van der Waals surface area contributed by atoms with E-state index in [0.717, 1.165) is 0 Å². The molecule has 0 aromatic rings. The maximum absolute atomic E-state index is 8.81. The number of hydrogen-bond donors (Lipinski definition) is 1. The quantitative estimate of drug-likeness (QED) is 0.157. The SMILES string of the molecule is C=[N+]([O-])O.[Cu]. The van der Waals surface area contributed by atoms with Crippen molar-refractivity contribution in [1.29, 1.82) is 0 Å². The van der Waals surface area contributed by atoms with Crippen LogP contribution in [0.2, 0.25) is 0 Å². The average Bonchev–Trinajstić information content (AvgIpc) is 0.811. The van der Waals surface area contributed by atoms with Crippen LogP contribution >= 0.6 is 0 Å². The number of nitrogens with zero attached hydrogens (tertiary/aromatic N) is 1. The molecular formula is CH3CuNO2. The van der Waals surface area contributed by atoms with E-state index < -0.39 is 4.90 Å². The molecule has 0 aliphatic carbocycles. The molecule has 0 amide bonds. The molecule has 0 saturated heterocycles. The normalized spacial score (nSPS) is 4.80. The van der Waals surface area contributed by atoms with Crippen LogP contribution in [0, 0.1) is 5.21 Å². The third kappa shape index (κ3) is 274. The van der Waals surface area contributed by atoms with Crippen molar-refractivity contribution in [1.82, 2.24) is 0 Å². The van der Waals surface area contributed by atoms with Crippen molar-refractivity contribution < 1.29 is 27.2 Å². The Morgan fingerprint density at radius 1 is 1.80 bits per heavy atom. The van der Waals surface area contributed by atoms with Gasteiger partial charge in [0.25, 0.3) is 0 Å². The molecule has 1 N–H and O–H groups in total. The zero-order valence-electron chi connectivity index (χ0n) is 2.31. The Labute approximate surface area is 39.9 Å². The van der Waals surface area contributed by atoms with Crippen molar-refractivity contribution >= 4 is 6.72 Å². The Kier molecular flexibility index (Phi) is 6.70. The van der Waals surface area contributed by atoms with Gasteiger partial charge in [-0.1, -0.05) is 0 Å². The smallest absolute Gasteiger partial charge is 0.197 e. The van der Waals surface area contributed by atoms with E-state index in [9.17, 15) is 0 Å². The minimum Gasteiger partial charge on any atom is -0.418 e. The minimum atomic E-state index is -0.500. The Hall–Kier alpha value is -0.211. The van der Waals surface area contributed by atoms with Crippen molar-refractivity contribution in [3.05, 3.63) is 5.21 Å². The summed E-state index contributed by atoms with van der Waals surface area (Å²) in [5, 5.41) is 16.0. The van der Waals surface area contributed by atoms with Gasteiger partial charge < -0.3 is 5.21 Å². The fourth-order valence-electron chi connectivity index (χ4n) is 0. The summed E-state index contributed by atoms with van der Waals surface area (Å²) in [5.74, 6) is 0. The first-order valence-corrected chi connectivity index (χ1v) is 0.699. The molecule has 0 unspecified atom stereocenters. The summed E-state index contributed by atoms with van der Waals surface area (Å²) < 4.78 is 0. The predicted molar refractivity (Wildman–Crippen MR) is 12.5 cm³/mol. The summed E-state index contributed by atoms with van der Waals surface area (Å²) in [5.41, 5.74) is 0. The molecule has 0 aliphatic heterocycles. The summed E-state index contributed by atoms with van der Waals surface area (Å²) in [7, 11) is 0. The second kappa shape index (κ2) is 3.79. The van der Waals surface area contributed by atoms with Crippen LogP contribution in [-0.4, -0.2) is 16.8 Å². The van der Waals surface area contributed by atoms with Gasteiger partial charge in [-0.2, -0.15) is 0 Å². The zero-order chi connectivity index (χ0) is 3.58. The Morgan fingerprint density at radius 3 is 1.80 bits per heavy atom. The van der Waals surface area contributed by atoms with Crippen LogP contribution in [-0.2, 0) is 17.1 Å². The number of hydrogen-bond acceptors (Lipinski definition) is 2. The van der Waals surface area contributed by atoms with Gasteiger partial charge in [0, 0.05) is 22.0 Å². The maximum Gasteiger partial charge on any atom is 0.197 e. The molecule has 0 aliphatic rings. The van der Waals surface area contributed by atoms with E-state index in [2.05, 4.69) is 6.72 Å². The first-order chi connectivity index (χ1) is 1.73. The summed E-state index contributed by atoms with van der Waals surface area (Å²) in [6, 6.07) is 0. The predicted octanol–water partition coefficient (Wildman–Crippen LogP) is -0.416. The van der Waals surface area contributed by atoms with E-state index in [1.807, 2.05) is 0 Å². The van der Waals surface area contributed by atoms with Gasteiger partial charge in [0.2, 0.25) is 0 Å². The molecule has 0 rings (SSSR count). The molecule has 35 valence electrons. The monoisotopic (exact) mass is 124 g/mol. The van der Waals surface area contributed by atoms with Crippen molar-refractivity contribution in [2.24, 2.45) is 0 Å². The van der Waals surface area contributed by atoms with Gasteiger partial charge in [-0.25, -0.2) is 0 Å². The molecular weight excluding hydrogens is 122 g/mol. The van der Waals surface area contributed by atoms with Crippen LogP contribution in [0.15, 0.2) is 0 Å². The van der Waals surface area contributed by atoms with Gasteiger partial charge in [0.1, 0.15) is 0 Å². The second-order valence-electron chi connectivity index (χ2n) is 0.352. The van der Waals surface area contributed by atoms with Gasteiger partial charge in [-0.05, 0) is 0 Å². The molecule has 3 nitrogen and oxygen atoms in total. The molecule has 0 atom stereocenters. The van der Waals surface area contributed by atoms with Gasteiger partial charge >= 0.3 is 0 Å². The molecule has 0 heterocycles.